The first-order valence-corrected chi connectivity index (χ1v) is 6.03. The highest BCUT2D eigenvalue weighted by molar-refractivity contribution is 5.90. The van der Waals surface area contributed by atoms with Gasteiger partial charge in [-0.15, -0.1) is 0 Å². The summed E-state index contributed by atoms with van der Waals surface area (Å²) in [6, 6.07) is 5.60. The van der Waals surface area contributed by atoms with Gasteiger partial charge in [0.25, 0.3) is 5.69 Å². The Hall–Kier alpha value is -2.37. The van der Waals surface area contributed by atoms with E-state index in [0.717, 1.165) is 6.42 Å². The molecule has 0 aliphatic heterocycles. The lowest BCUT2D eigenvalue weighted by Crippen LogP contribution is -2.18. The number of fused-ring (bicyclic) bond motifs is 1. The maximum Gasteiger partial charge on any atom is 0.326 e. The third kappa shape index (κ3) is 2.29. The minimum atomic E-state index is -0.925. The molecule has 2 aromatic rings. The summed E-state index contributed by atoms with van der Waals surface area (Å²) < 4.78 is 1.59. The molecule has 1 heterocycles. The number of carboxylic acids is 1. The molecule has 1 N–H and O–H groups in total. The number of carboxylic acid groups (broad SMARTS) is 1. The van der Waals surface area contributed by atoms with E-state index >= 15 is 0 Å². The van der Waals surface area contributed by atoms with E-state index in [-0.39, 0.29) is 5.69 Å². The number of aromatic nitrogens is 1. The van der Waals surface area contributed by atoms with Crippen LogP contribution in [0.25, 0.3) is 10.9 Å². The van der Waals surface area contributed by atoms with Gasteiger partial charge in [-0.2, -0.15) is 0 Å². The fourth-order valence-electron chi connectivity index (χ4n) is 2.26. The molecule has 0 bridgehead atoms. The second-order valence-electron chi connectivity index (χ2n) is 4.33. The summed E-state index contributed by atoms with van der Waals surface area (Å²) in [7, 11) is 0. The second kappa shape index (κ2) is 5.09. The van der Waals surface area contributed by atoms with Crippen molar-refractivity contribution in [2.75, 3.05) is 0 Å². The summed E-state index contributed by atoms with van der Waals surface area (Å²) >= 11 is 0. The molecule has 1 atom stereocenters. The SMILES string of the molecule is CCCC(C(=O)O)n1ccc2c([N+](=O)[O-])cccc21. The van der Waals surface area contributed by atoms with Gasteiger partial charge >= 0.3 is 5.97 Å². The zero-order valence-electron chi connectivity index (χ0n) is 10.4. The van der Waals surface area contributed by atoms with Crippen molar-refractivity contribution in [2.45, 2.75) is 25.8 Å². The third-order valence-corrected chi connectivity index (χ3v) is 3.12. The maximum absolute atomic E-state index is 11.3. The van der Waals surface area contributed by atoms with Crippen LogP contribution in [0.3, 0.4) is 0 Å². The standard InChI is InChI=1S/C13H14N2O4/c1-2-4-12(13(16)17)14-8-7-9-10(14)5-3-6-11(9)15(18)19/h3,5-8,12H,2,4H2,1H3,(H,16,17). The van der Waals surface area contributed by atoms with Gasteiger partial charge in [0.2, 0.25) is 0 Å². The molecule has 2 rings (SSSR count). The van der Waals surface area contributed by atoms with Gasteiger partial charge in [-0.3, -0.25) is 10.1 Å². The van der Waals surface area contributed by atoms with E-state index in [1.807, 2.05) is 6.92 Å². The number of nitro benzene ring substituents is 1. The van der Waals surface area contributed by atoms with Crippen molar-refractivity contribution in [2.24, 2.45) is 0 Å². The zero-order valence-corrected chi connectivity index (χ0v) is 10.4. The van der Waals surface area contributed by atoms with E-state index in [0.29, 0.717) is 17.3 Å². The molecule has 0 radical (unpaired) electrons. The zero-order chi connectivity index (χ0) is 14.0. The minimum Gasteiger partial charge on any atom is -0.480 e. The van der Waals surface area contributed by atoms with Crippen molar-refractivity contribution in [3.63, 3.8) is 0 Å². The summed E-state index contributed by atoms with van der Waals surface area (Å²) in [4.78, 5) is 21.8. The van der Waals surface area contributed by atoms with Crippen LogP contribution in [-0.2, 0) is 4.79 Å². The van der Waals surface area contributed by atoms with Crippen molar-refractivity contribution >= 4 is 22.6 Å². The Kier molecular flexibility index (Phi) is 3.50. The lowest BCUT2D eigenvalue weighted by atomic mass is 10.1. The molecule has 6 nitrogen and oxygen atoms in total. The van der Waals surface area contributed by atoms with E-state index in [2.05, 4.69) is 0 Å². The molecule has 0 aliphatic rings. The van der Waals surface area contributed by atoms with Crippen LogP contribution in [0.15, 0.2) is 30.5 Å². The summed E-state index contributed by atoms with van der Waals surface area (Å²) in [5.74, 6) is -0.925. The predicted octanol–water partition coefficient (Wildman–Crippen LogP) is 2.98. The molecule has 0 spiro atoms. The number of nitro groups is 1. The highest BCUT2D eigenvalue weighted by atomic mass is 16.6. The molecule has 0 amide bonds. The van der Waals surface area contributed by atoms with E-state index < -0.39 is 16.9 Å². The Morgan fingerprint density at radius 2 is 2.21 bits per heavy atom. The molecule has 19 heavy (non-hydrogen) atoms. The largest absolute Gasteiger partial charge is 0.480 e. The van der Waals surface area contributed by atoms with Crippen molar-refractivity contribution < 1.29 is 14.8 Å². The number of hydrogen-bond acceptors (Lipinski definition) is 3. The quantitative estimate of drug-likeness (QED) is 0.663. The van der Waals surface area contributed by atoms with Crippen LogP contribution in [0.4, 0.5) is 5.69 Å². The molecular formula is C13H14N2O4. The fraction of sp³-hybridized carbons (Fsp3) is 0.308. The Balaban J connectivity index is 2.59. The number of non-ortho nitro benzene ring substituents is 1. The number of aliphatic carboxylic acids is 1. The molecule has 100 valence electrons. The number of nitrogens with zero attached hydrogens (tertiary/aromatic N) is 2. The average Bonchev–Trinajstić information content (AvgIpc) is 2.78. The van der Waals surface area contributed by atoms with E-state index in [9.17, 15) is 20.0 Å². The Bertz CT molecular complexity index is 633. The molecule has 6 heteroatoms. The van der Waals surface area contributed by atoms with E-state index in [1.54, 1.807) is 29.0 Å². The van der Waals surface area contributed by atoms with Crippen molar-refractivity contribution in [3.8, 4) is 0 Å². The lowest BCUT2D eigenvalue weighted by Gasteiger charge is -2.14. The van der Waals surface area contributed by atoms with Gasteiger partial charge in [0, 0.05) is 12.3 Å². The molecule has 1 aromatic heterocycles. The molecule has 0 fully saturated rings. The second-order valence-corrected chi connectivity index (χ2v) is 4.33. The van der Waals surface area contributed by atoms with Gasteiger partial charge in [-0.05, 0) is 18.6 Å². The van der Waals surface area contributed by atoms with Gasteiger partial charge in [-0.25, -0.2) is 4.79 Å². The first-order valence-electron chi connectivity index (χ1n) is 6.03. The Morgan fingerprint density at radius 1 is 1.47 bits per heavy atom. The molecule has 1 aromatic carbocycles. The number of hydrogen-bond donors (Lipinski definition) is 1. The summed E-state index contributed by atoms with van der Waals surface area (Å²) in [5.41, 5.74) is 0.576. The summed E-state index contributed by atoms with van der Waals surface area (Å²) in [6.45, 7) is 1.91. The highest BCUT2D eigenvalue weighted by Gasteiger charge is 2.22. The van der Waals surface area contributed by atoms with Gasteiger partial charge in [0.15, 0.2) is 0 Å². The lowest BCUT2D eigenvalue weighted by molar-refractivity contribution is -0.383. The predicted molar refractivity (Wildman–Crippen MR) is 70.2 cm³/mol. The highest BCUT2D eigenvalue weighted by Crippen LogP contribution is 2.29. The van der Waals surface area contributed by atoms with Crippen LogP contribution >= 0.6 is 0 Å². The summed E-state index contributed by atoms with van der Waals surface area (Å²) in [6.07, 6.45) is 2.82. The Labute approximate surface area is 109 Å². The average molecular weight is 262 g/mol. The van der Waals surface area contributed by atoms with Crippen LogP contribution in [0, 0.1) is 10.1 Å². The first kappa shape index (κ1) is 13.1. The van der Waals surface area contributed by atoms with E-state index in [4.69, 9.17) is 0 Å². The molecule has 0 aliphatic carbocycles. The van der Waals surface area contributed by atoms with Gasteiger partial charge in [0.05, 0.1) is 15.8 Å². The van der Waals surface area contributed by atoms with Crippen molar-refractivity contribution in [3.05, 3.63) is 40.6 Å². The fourth-order valence-corrected chi connectivity index (χ4v) is 2.26. The van der Waals surface area contributed by atoms with Gasteiger partial charge < -0.3 is 9.67 Å². The van der Waals surface area contributed by atoms with Crippen molar-refractivity contribution in [1.82, 2.24) is 4.57 Å². The van der Waals surface area contributed by atoms with Gasteiger partial charge in [0.1, 0.15) is 6.04 Å². The molecule has 1 unspecified atom stereocenters. The van der Waals surface area contributed by atoms with Crippen LogP contribution < -0.4 is 0 Å². The monoisotopic (exact) mass is 262 g/mol. The smallest absolute Gasteiger partial charge is 0.326 e. The number of benzene rings is 1. The van der Waals surface area contributed by atoms with Crippen LogP contribution in [-0.4, -0.2) is 20.6 Å². The van der Waals surface area contributed by atoms with Crippen LogP contribution in [0.5, 0.6) is 0 Å². The van der Waals surface area contributed by atoms with E-state index in [1.165, 1.54) is 6.07 Å². The molecular weight excluding hydrogens is 248 g/mol. The first-order chi connectivity index (χ1) is 9.06. The maximum atomic E-state index is 11.3. The molecule has 0 saturated heterocycles. The van der Waals surface area contributed by atoms with Gasteiger partial charge in [-0.1, -0.05) is 19.4 Å². The number of rotatable bonds is 5. The van der Waals surface area contributed by atoms with Crippen molar-refractivity contribution in [1.29, 1.82) is 0 Å². The molecule has 0 saturated carbocycles. The topological polar surface area (TPSA) is 85.4 Å². The minimum absolute atomic E-state index is 0.00288. The number of carbonyl (C=O) groups is 1. The van der Waals surface area contributed by atoms with Crippen LogP contribution in [0.2, 0.25) is 0 Å². The third-order valence-electron chi connectivity index (χ3n) is 3.12. The summed E-state index contributed by atoms with van der Waals surface area (Å²) in [5, 5.41) is 20.7. The normalized spacial score (nSPS) is 12.5. The Morgan fingerprint density at radius 3 is 2.79 bits per heavy atom. The van der Waals surface area contributed by atoms with Crippen LogP contribution in [0.1, 0.15) is 25.8 Å².